The molecule has 25 heavy (non-hydrogen) atoms. The van der Waals surface area contributed by atoms with Crippen LogP contribution in [0, 0.1) is 0 Å². The van der Waals surface area contributed by atoms with Gasteiger partial charge in [0.15, 0.2) is 12.2 Å². The van der Waals surface area contributed by atoms with Gasteiger partial charge in [-0.15, -0.1) is 11.3 Å². The number of carbonyl (C=O) groups is 4. The maximum absolute atomic E-state index is 10.8. The number of nitrogens with zero attached hydrogens (tertiary/aromatic N) is 1. The molecular weight excluding hydrogens is 354 g/mol. The monoisotopic (exact) mass is 369 g/mol. The van der Waals surface area contributed by atoms with Crippen LogP contribution in [0.5, 0.6) is 0 Å². The molecule has 0 spiro atoms. The summed E-state index contributed by atoms with van der Waals surface area (Å²) in [5.74, 6) is -5.06. The predicted molar refractivity (Wildman–Crippen MR) is 85.2 cm³/mol. The SMILES string of the molecule is CC(=O)OC(=O)C(O)C(O)C(=O)OC(C)=O.c1ccc2scnc2c1. The van der Waals surface area contributed by atoms with Crippen LogP contribution >= 0.6 is 11.3 Å². The molecule has 0 aliphatic rings. The first-order chi connectivity index (χ1) is 11.7. The Morgan fingerprint density at radius 3 is 1.88 bits per heavy atom. The summed E-state index contributed by atoms with van der Waals surface area (Å²) in [6.45, 7) is 1.79. The van der Waals surface area contributed by atoms with Gasteiger partial charge in [0.05, 0.1) is 15.7 Å². The first kappa shape index (κ1) is 20.4. The highest BCUT2D eigenvalue weighted by Crippen LogP contribution is 2.15. The van der Waals surface area contributed by atoms with Gasteiger partial charge in [0.1, 0.15) is 0 Å². The highest BCUT2D eigenvalue weighted by atomic mass is 32.1. The van der Waals surface area contributed by atoms with Gasteiger partial charge in [0.2, 0.25) is 0 Å². The molecule has 9 nitrogen and oxygen atoms in total. The third-order valence-electron chi connectivity index (χ3n) is 2.51. The number of rotatable bonds is 3. The Labute approximate surface area is 145 Å². The molecular formula is C15H15NO8S. The Morgan fingerprint density at radius 2 is 1.44 bits per heavy atom. The Balaban J connectivity index is 0.000000286. The lowest BCUT2D eigenvalue weighted by Gasteiger charge is -2.13. The van der Waals surface area contributed by atoms with Gasteiger partial charge in [-0.3, -0.25) is 9.59 Å². The number of fused-ring (bicyclic) bond motifs is 1. The number of carbonyl (C=O) groups excluding carboxylic acids is 4. The molecule has 2 aromatic rings. The fraction of sp³-hybridized carbons (Fsp3) is 0.267. The van der Waals surface area contributed by atoms with Crippen molar-refractivity contribution in [1.29, 1.82) is 0 Å². The van der Waals surface area contributed by atoms with Crippen LogP contribution in [0.2, 0.25) is 0 Å². The van der Waals surface area contributed by atoms with E-state index in [4.69, 9.17) is 10.2 Å². The zero-order chi connectivity index (χ0) is 19.0. The summed E-state index contributed by atoms with van der Waals surface area (Å²) in [4.78, 5) is 46.5. The summed E-state index contributed by atoms with van der Waals surface area (Å²) < 4.78 is 9.08. The summed E-state index contributed by atoms with van der Waals surface area (Å²) in [6, 6.07) is 8.13. The average molecular weight is 369 g/mol. The number of thiazole rings is 1. The molecule has 1 aromatic carbocycles. The molecule has 0 radical (unpaired) electrons. The number of ether oxygens (including phenoxy) is 2. The number of benzene rings is 1. The van der Waals surface area contributed by atoms with Crippen molar-refractivity contribution in [2.45, 2.75) is 26.1 Å². The maximum atomic E-state index is 10.8. The van der Waals surface area contributed by atoms with E-state index in [9.17, 15) is 19.2 Å². The van der Waals surface area contributed by atoms with E-state index >= 15 is 0 Å². The Bertz CT molecular complexity index is 709. The van der Waals surface area contributed by atoms with Crippen LogP contribution < -0.4 is 0 Å². The zero-order valence-electron chi connectivity index (χ0n) is 13.2. The molecule has 134 valence electrons. The molecule has 0 saturated heterocycles. The number of aliphatic hydroxyl groups excluding tert-OH is 2. The summed E-state index contributed by atoms with van der Waals surface area (Å²) in [6.07, 6.45) is -4.59. The van der Waals surface area contributed by atoms with Gasteiger partial charge in [-0.05, 0) is 12.1 Å². The van der Waals surface area contributed by atoms with Gasteiger partial charge < -0.3 is 19.7 Å². The number of esters is 4. The van der Waals surface area contributed by atoms with E-state index in [2.05, 4.69) is 20.5 Å². The minimum absolute atomic E-state index is 0.894. The van der Waals surface area contributed by atoms with Crippen molar-refractivity contribution in [1.82, 2.24) is 4.98 Å². The van der Waals surface area contributed by atoms with Crippen LogP contribution in [0.4, 0.5) is 0 Å². The largest absolute Gasteiger partial charge is 0.391 e. The summed E-state index contributed by atoms with van der Waals surface area (Å²) in [7, 11) is 0. The smallest absolute Gasteiger partial charge is 0.345 e. The predicted octanol–water partition coefficient (Wildman–Crippen LogP) is 0.184. The van der Waals surface area contributed by atoms with E-state index in [0.717, 1.165) is 19.4 Å². The van der Waals surface area contributed by atoms with Crippen molar-refractivity contribution >= 4 is 45.4 Å². The van der Waals surface area contributed by atoms with E-state index in [1.54, 1.807) is 11.3 Å². The van der Waals surface area contributed by atoms with Crippen LogP contribution in [0.25, 0.3) is 10.2 Å². The van der Waals surface area contributed by atoms with Crippen LogP contribution in [0.1, 0.15) is 13.8 Å². The van der Waals surface area contributed by atoms with E-state index in [-0.39, 0.29) is 0 Å². The summed E-state index contributed by atoms with van der Waals surface area (Å²) in [5, 5.41) is 18.1. The maximum Gasteiger partial charge on any atom is 0.345 e. The van der Waals surface area contributed by atoms with Crippen LogP contribution in [-0.4, -0.2) is 51.3 Å². The van der Waals surface area contributed by atoms with Crippen molar-refractivity contribution in [3.8, 4) is 0 Å². The molecule has 0 amide bonds. The lowest BCUT2D eigenvalue weighted by molar-refractivity contribution is -0.179. The zero-order valence-corrected chi connectivity index (χ0v) is 14.1. The number of aromatic nitrogens is 1. The lowest BCUT2D eigenvalue weighted by Crippen LogP contribution is -2.42. The van der Waals surface area contributed by atoms with E-state index in [1.165, 1.54) is 4.70 Å². The normalized spacial score (nSPS) is 12.3. The topological polar surface area (TPSA) is 140 Å². The molecule has 10 heteroatoms. The molecule has 2 unspecified atom stereocenters. The van der Waals surface area contributed by atoms with Gasteiger partial charge >= 0.3 is 23.9 Å². The second-order valence-corrected chi connectivity index (χ2v) is 5.42. The quantitative estimate of drug-likeness (QED) is 0.573. The Kier molecular flexibility index (Phi) is 7.79. The highest BCUT2D eigenvalue weighted by molar-refractivity contribution is 7.16. The summed E-state index contributed by atoms with van der Waals surface area (Å²) >= 11 is 1.68. The number of hydrogen-bond acceptors (Lipinski definition) is 10. The molecule has 0 aliphatic heterocycles. The molecule has 0 saturated carbocycles. The first-order valence-electron chi connectivity index (χ1n) is 6.81. The molecule has 0 aliphatic carbocycles. The van der Waals surface area contributed by atoms with Crippen molar-refractivity contribution < 1.29 is 38.9 Å². The van der Waals surface area contributed by atoms with Crippen LogP contribution in [-0.2, 0) is 28.7 Å². The Morgan fingerprint density at radius 1 is 0.960 bits per heavy atom. The molecule has 1 aromatic heterocycles. The first-order valence-corrected chi connectivity index (χ1v) is 7.69. The van der Waals surface area contributed by atoms with Crippen LogP contribution in [0.15, 0.2) is 29.8 Å². The van der Waals surface area contributed by atoms with Gasteiger partial charge in [-0.25, -0.2) is 14.6 Å². The van der Waals surface area contributed by atoms with Gasteiger partial charge in [0, 0.05) is 13.8 Å². The minimum atomic E-state index is -2.30. The highest BCUT2D eigenvalue weighted by Gasteiger charge is 2.34. The second-order valence-electron chi connectivity index (χ2n) is 4.54. The van der Waals surface area contributed by atoms with Crippen molar-refractivity contribution in [3.63, 3.8) is 0 Å². The minimum Gasteiger partial charge on any atom is -0.391 e. The average Bonchev–Trinajstić information content (AvgIpc) is 3.01. The fourth-order valence-corrected chi connectivity index (χ4v) is 2.14. The fourth-order valence-electron chi connectivity index (χ4n) is 1.47. The second kappa shape index (κ2) is 9.57. The molecule has 2 rings (SSSR count). The third kappa shape index (κ3) is 6.75. The number of aliphatic hydroxyl groups is 2. The van der Waals surface area contributed by atoms with Crippen molar-refractivity contribution in [2.24, 2.45) is 0 Å². The summed E-state index contributed by atoms with van der Waals surface area (Å²) in [5.41, 5.74) is 2.97. The van der Waals surface area contributed by atoms with E-state index in [0.29, 0.717) is 0 Å². The molecule has 2 N–H and O–H groups in total. The van der Waals surface area contributed by atoms with E-state index in [1.807, 2.05) is 23.7 Å². The van der Waals surface area contributed by atoms with Gasteiger partial charge in [-0.1, -0.05) is 12.1 Å². The van der Waals surface area contributed by atoms with Crippen molar-refractivity contribution in [3.05, 3.63) is 29.8 Å². The molecule has 2 atom stereocenters. The standard InChI is InChI=1S/C8H10O8.C7H5NS/c1-3(9)15-7(13)5(11)6(12)8(14)16-4(2)10;1-2-4-7-6(3-1)8-5-9-7/h5-6,11-12H,1-2H3;1-5H. The van der Waals surface area contributed by atoms with Gasteiger partial charge in [-0.2, -0.15) is 0 Å². The molecule has 1 heterocycles. The molecule has 0 bridgehead atoms. The number of hydrogen-bond donors (Lipinski definition) is 2. The third-order valence-corrected chi connectivity index (χ3v) is 3.32. The van der Waals surface area contributed by atoms with Crippen LogP contribution in [0.3, 0.4) is 0 Å². The number of para-hydroxylation sites is 1. The van der Waals surface area contributed by atoms with Crippen molar-refractivity contribution in [2.75, 3.05) is 0 Å². The van der Waals surface area contributed by atoms with E-state index < -0.39 is 36.1 Å². The Hall–Kier alpha value is -2.69. The molecule has 0 fully saturated rings. The lowest BCUT2D eigenvalue weighted by atomic mass is 10.2. The van der Waals surface area contributed by atoms with Gasteiger partial charge in [0.25, 0.3) is 0 Å².